The van der Waals surface area contributed by atoms with Gasteiger partial charge in [0.1, 0.15) is 11.6 Å². The minimum atomic E-state index is -0.889. The van der Waals surface area contributed by atoms with Crippen LogP contribution in [0.2, 0.25) is 0 Å². The van der Waals surface area contributed by atoms with Crippen molar-refractivity contribution in [1.82, 2.24) is 4.90 Å². The Morgan fingerprint density at radius 2 is 1.70 bits per heavy atom. The molecule has 0 radical (unpaired) electrons. The monoisotopic (exact) mass is 452 g/mol. The van der Waals surface area contributed by atoms with E-state index in [1.54, 1.807) is 49.5 Å². The van der Waals surface area contributed by atoms with Gasteiger partial charge < -0.3 is 19.7 Å². The summed E-state index contributed by atoms with van der Waals surface area (Å²) in [6.07, 6.45) is 0. The molecule has 6 nitrogen and oxygen atoms in total. The van der Waals surface area contributed by atoms with E-state index in [1.165, 1.54) is 19.1 Å². The number of nitrogens with one attached hydrogen (secondary N) is 1. The highest BCUT2D eigenvalue weighted by Gasteiger charge is 2.43. The van der Waals surface area contributed by atoms with Gasteiger partial charge in [-0.05, 0) is 41.5 Å². The van der Waals surface area contributed by atoms with Crippen molar-refractivity contribution in [2.75, 3.05) is 26.6 Å². The van der Waals surface area contributed by atoms with Crippen LogP contribution >= 0.6 is 0 Å². The third-order valence-corrected chi connectivity index (χ3v) is 5.80. The molecule has 1 heterocycles. The third-order valence-electron chi connectivity index (χ3n) is 5.80. The first-order valence-corrected chi connectivity index (χ1v) is 10.2. The van der Waals surface area contributed by atoms with Crippen molar-refractivity contribution in [3.63, 3.8) is 0 Å². The number of carbonyl (C=O) groups is 2. The SMILES string of the molecule is COc1ccc([C@H]2[C@@H](C(=O)Nc3ccc(F)cc3F)c3ccccc3C(=O)N2C)cc1OC. The standard InChI is InChI=1S/C25H22F2N2O4/c1-29-23(14-8-11-20(32-2)21(12-14)33-3)22(16-6-4-5-7-17(16)25(29)31)24(30)28-19-10-9-15(26)13-18(19)27/h4-13,22-23H,1-3H3,(H,28,30)/t22-,23-/m0/s1. The normalized spacial score (nSPS) is 17.4. The van der Waals surface area contributed by atoms with Gasteiger partial charge in [0.15, 0.2) is 11.5 Å². The first kappa shape index (κ1) is 22.3. The maximum atomic E-state index is 14.3. The van der Waals surface area contributed by atoms with E-state index in [9.17, 15) is 18.4 Å². The number of ether oxygens (including phenoxy) is 2. The molecular formula is C25H22F2N2O4. The summed E-state index contributed by atoms with van der Waals surface area (Å²) >= 11 is 0. The largest absolute Gasteiger partial charge is 0.493 e. The second kappa shape index (κ2) is 8.90. The Morgan fingerprint density at radius 1 is 0.970 bits per heavy atom. The number of nitrogens with zero attached hydrogens (tertiary/aromatic N) is 1. The Balaban J connectivity index is 1.83. The minimum Gasteiger partial charge on any atom is -0.493 e. The molecule has 0 fully saturated rings. The fraction of sp³-hybridized carbons (Fsp3) is 0.200. The van der Waals surface area contributed by atoms with Gasteiger partial charge in [-0.1, -0.05) is 24.3 Å². The number of carbonyl (C=O) groups excluding carboxylic acids is 2. The van der Waals surface area contributed by atoms with Crippen LogP contribution in [0.25, 0.3) is 0 Å². The van der Waals surface area contributed by atoms with Crippen LogP contribution in [0.3, 0.4) is 0 Å². The summed E-state index contributed by atoms with van der Waals surface area (Å²) in [5.74, 6) is -2.35. The van der Waals surface area contributed by atoms with E-state index in [0.29, 0.717) is 34.3 Å². The van der Waals surface area contributed by atoms with Crippen LogP contribution in [0.5, 0.6) is 11.5 Å². The third kappa shape index (κ3) is 4.00. The Kier molecular flexibility index (Phi) is 6.00. The van der Waals surface area contributed by atoms with Crippen LogP contribution in [-0.4, -0.2) is 38.0 Å². The summed E-state index contributed by atoms with van der Waals surface area (Å²) in [5.41, 5.74) is 1.39. The van der Waals surface area contributed by atoms with E-state index in [-0.39, 0.29) is 11.6 Å². The number of amides is 2. The smallest absolute Gasteiger partial charge is 0.254 e. The average molecular weight is 452 g/mol. The van der Waals surface area contributed by atoms with Crippen LogP contribution in [0.15, 0.2) is 60.7 Å². The Bertz CT molecular complexity index is 1230. The van der Waals surface area contributed by atoms with Gasteiger partial charge in [-0.3, -0.25) is 9.59 Å². The highest BCUT2D eigenvalue weighted by molar-refractivity contribution is 6.04. The van der Waals surface area contributed by atoms with Gasteiger partial charge in [-0.2, -0.15) is 0 Å². The molecule has 1 aliphatic heterocycles. The predicted molar refractivity (Wildman–Crippen MR) is 119 cm³/mol. The van der Waals surface area contributed by atoms with Crippen LogP contribution in [-0.2, 0) is 4.79 Å². The minimum absolute atomic E-state index is 0.149. The first-order chi connectivity index (χ1) is 15.8. The van der Waals surface area contributed by atoms with Crippen molar-refractivity contribution >= 4 is 17.5 Å². The Labute approximate surface area is 189 Å². The van der Waals surface area contributed by atoms with Crippen molar-refractivity contribution in [2.24, 2.45) is 0 Å². The fourth-order valence-electron chi connectivity index (χ4n) is 4.21. The second-order valence-corrected chi connectivity index (χ2v) is 7.65. The molecule has 8 heteroatoms. The molecule has 0 aromatic heterocycles. The van der Waals surface area contributed by atoms with E-state index in [0.717, 1.165) is 12.1 Å². The van der Waals surface area contributed by atoms with E-state index in [4.69, 9.17) is 9.47 Å². The first-order valence-electron chi connectivity index (χ1n) is 10.2. The number of hydrogen-bond acceptors (Lipinski definition) is 4. The van der Waals surface area contributed by atoms with Gasteiger partial charge in [-0.25, -0.2) is 8.78 Å². The molecule has 0 bridgehead atoms. The van der Waals surface area contributed by atoms with Crippen LogP contribution in [0, 0.1) is 11.6 Å². The number of likely N-dealkylation sites (N-methyl/N-ethyl adjacent to an activating group) is 1. The summed E-state index contributed by atoms with van der Waals surface area (Å²) in [5, 5.41) is 2.56. The molecule has 3 aromatic rings. The zero-order valence-electron chi connectivity index (χ0n) is 18.3. The highest BCUT2D eigenvalue weighted by Crippen LogP contribution is 2.44. The molecule has 170 valence electrons. The molecule has 0 spiro atoms. The summed E-state index contributed by atoms with van der Waals surface area (Å²) in [6.45, 7) is 0. The zero-order chi connectivity index (χ0) is 23.7. The topological polar surface area (TPSA) is 67.9 Å². The van der Waals surface area contributed by atoms with Gasteiger partial charge in [0, 0.05) is 18.7 Å². The number of methoxy groups -OCH3 is 2. The molecule has 0 unspecified atom stereocenters. The Hall–Kier alpha value is -3.94. The van der Waals surface area contributed by atoms with Crippen LogP contribution in [0.1, 0.15) is 33.4 Å². The van der Waals surface area contributed by atoms with E-state index < -0.39 is 29.5 Å². The molecule has 0 saturated heterocycles. The lowest BCUT2D eigenvalue weighted by Gasteiger charge is -2.40. The quantitative estimate of drug-likeness (QED) is 0.618. The van der Waals surface area contributed by atoms with Crippen LogP contribution < -0.4 is 14.8 Å². The number of halogens is 2. The summed E-state index contributed by atoms with van der Waals surface area (Å²) in [4.78, 5) is 28.1. The number of fused-ring (bicyclic) bond motifs is 1. The van der Waals surface area contributed by atoms with E-state index >= 15 is 0 Å². The molecule has 1 N–H and O–H groups in total. The molecule has 2 amide bonds. The zero-order valence-corrected chi connectivity index (χ0v) is 18.3. The summed E-state index contributed by atoms with van der Waals surface area (Å²) in [6, 6.07) is 14.2. The maximum absolute atomic E-state index is 14.3. The van der Waals surface area contributed by atoms with E-state index in [1.807, 2.05) is 0 Å². The number of hydrogen-bond donors (Lipinski definition) is 1. The van der Waals surface area contributed by atoms with Crippen molar-refractivity contribution in [3.8, 4) is 11.5 Å². The number of benzene rings is 3. The van der Waals surface area contributed by atoms with Crippen LogP contribution in [0.4, 0.5) is 14.5 Å². The molecule has 1 aliphatic rings. The van der Waals surface area contributed by atoms with Crippen molar-refractivity contribution in [2.45, 2.75) is 12.0 Å². The lowest BCUT2D eigenvalue weighted by atomic mass is 9.79. The molecule has 4 rings (SSSR count). The lowest BCUT2D eigenvalue weighted by Crippen LogP contribution is -2.44. The highest BCUT2D eigenvalue weighted by atomic mass is 19.1. The van der Waals surface area contributed by atoms with Gasteiger partial charge >= 0.3 is 0 Å². The molecule has 33 heavy (non-hydrogen) atoms. The molecule has 2 atom stereocenters. The molecule has 0 saturated carbocycles. The van der Waals surface area contributed by atoms with Crippen molar-refractivity contribution in [1.29, 1.82) is 0 Å². The second-order valence-electron chi connectivity index (χ2n) is 7.65. The van der Waals surface area contributed by atoms with E-state index in [2.05, 4.69) is 5.32 Å². The van der Waals surface area contributed by atoms with Gasteiger partial charge in [0.05, 0.1) is 31.9 Å². The molecular weight excluding hydrogens is 430 g/mol. The lowest BCUT2D eigenvalue weighted by molar-refractivity contribution is -0.119. The molecule has 0 aliphatic carbocycles. The van der Waals surface area contributed by atoms with Crippen molar-refractivity contribution in [3.05, 3.63) is 89.0 Å². The Morgan fingerprint density at radius 3 is 2.39 bits per heavy atom. The maximum Gasteiger partial charge on any atom is 0.254 e. The van der Waals surface area contributed by atoms with Gasteiger partial charge in [0.2, 0.25) is 5.91 Å². The van der Waals surface area contributed by atoms with Gasteiger partial charge in [-0.15, -0.1) is 0 Å². The summed E-state index contributed by atoms with van der Waals surface area (Å²) < 4.78 is 38.3. The van der Waals surface area contributed by atoms with Crippen molar-refractivity contribution < 1.29 is 27.8 Å². The fourth-order valence-corrected chi connectivity index (χ4v) is 4.21. The average Bonchev–Trinajstić information content (AvgIpc) is 2.82. The summed E-state index contributed by atoms with van der Waals surface area (Å²) in [7, 11) is 4.62. The number of rotatable bonds is 5. The van der Waals surface area contributed by atoms with Gasteiger partial charge in [0.25, 0.3) is 5.91 Å². The predicted octanol–water partition coefficient (Wildman–Crippen LogP) is 4.53. The number of anilines is 1. The molecule has 3 aromatic carbocycles.